The second kappa shape index (κ2) is 8.66. The van der Waals surface area contributed by atoms with Crippen LogP contribution in [0.15, 0.2) is 12.3 Å². The molecule has 0 amide bonds. The zero-order valence-electron chi connectivity index (χ0n) is 11.1. The molecule has 0 spiro atoms. The van der Waals surface area contributed by atoms with Crippen LogP contribution in [0.25, 0.3) is 0 Å². The van der Waals surface area contributed by atoms with Crippen LogP contribution in [0, 0.1) is 5.92 Å². The normalized spacial score (nSPS) is 20.1. The van der Waals surface area contributed by atoms with E-state index in [2.05, 4.69) is 19.9 Å². The molecule has 1 heteroatoms. The van der Waals surface area contributed by atoms with E-state index in [0.717, 1.165) is 12.3 Å². The minimum Gasteiger partial charge on any atom is -0.499 e. The highest BCUT2D eigenvalue weighted by Gasteiger charge is 2.16. The largest absolute Gasteiger partial charge is 0.499 e. The number of hydrogen-bond donors (Lipinski definition) is 0. The van der Waals surface area contributed by atoms with E-state index in [1.54, 1.807) is 0 Å². The topological polar surface area (TPSA) is 9.23 Å². The van der Waals surface area contributed by atoms with Crippen molar-refractivity contribution < 1.29 is 4.74 Å². The van der Waals surface area contributed by atoms with Crippen LogP contribution in [-0.2, 0) is 4.74 Å². The van der Waals surface area contributed by atoms with E-state index in [1.807, 2.05) is 6.26 Å². The van der Waals surface area contributed by atoms with Crippen molar-refractivity contribution in [3.8, 4) is 0 Å². The second-order valence-corrected chi connectivity index (χ2v) is 5.20. The van der Waals surface area contributed by atoms with Gasteiger partial charge in [-0.05, 0) is 38.2 Å². The van der Waals surface area contributed by atoms with Gasteiger partial charge in [-0.1, -0.05) is 45.4 Å². The van der Waals surface area contributed by atoms with E-state index in [0.29, 0.717) is 6.10 Å². The molecule has 0 N–H and O–H groups in total. The molecule has 1 atom stereocenters. The molecule has 94 valence electrons. The average Bonchev–Trinajstić information content (AvgIpc) is 2.30. The van der Waals surface area contributed by atoms with Crippen LogP contribution in [0.2, 0.25) is 0 Å². The number of hydrogen-bond acceptors (Lipinski definition) is 1. The minimum absolute atomic E-state index is 0.404. The number of rotatable bonds is 7. The Morgan fingerprint density at radius 3 is 2.69 bits per heavy atom. The summed E-state index contributed by atoms with van der Waals surface area (Å²) >= 11 is 0. The van der Waals surface area contributed by atoms with E-state index in [1.165, 1.54) is 51.4 Å². The fourth-order valence-corrected chi connectivity index (χ4v) is 2.53. The molecule has 0 aromatic heterocycles. The highest BCUT2D eigenvalue weighted by atomic mass is 16.5. The lowest BCUT2D eigenvalue weighted by molar-refractivity contribution is 0.122. The van der Waals surface area contributed by atoms with Crippen molar-refractivity contribution in [2.24, 2.45) is 5.92 Å². The first kappa shape index (κ1) is 13.6. The Labute approximate surface area is 101 Å². The van der Waals surface area contributed by atoms with Gasteiger partial charge in [0.05, 0.1) is 12.4 Å². The monoisotopic (exact) mass is 224 g/mol. The molecule has 1 aliphatic carbocycles. The lowest BCUT2D eigenvalue weighted by Gasteiger charge is -2.24. The summed E-state index contributed by atoms with van der Waals surface area (Å²) in [6.07, 6.45) is 16.6. The van der Waals surface area contributed by atoms with Crippen molar-refractivity contribution >= 4 is 0 Å². The van der Waals surface area contributed by atoms with Gasteiger partial charge in [0.15, 0.2) is 0 Å². The third kappa shape index (κ3) is 6.19. The molecule has 1 nitrogen and oxygen atoms in total. The second-order valence-electron chi connectivity index (χ2n) is 5.20. The van der Waals surface area contributed by atoms with Gasteiger partial charge in [0.25, 0.3) is 0 Å². The summed E-state index contributed by atoms with van der Waals surface area (Å²) < 4.78 is 5.71. The Bertz CT molecular complexity index is 180. The van der Waals surface area contributed by atoms with Gasteiger partial charge in [-0.3, -0.25) is 0 Å². The summed E-state index contributed by atoms with van der Waals surface area (Å²) in [6.45, 7) is 4.43. The molecule has 1 aliphatic rings. The lowest BCUT2D eigenvalue weighted by Crippen LogP contribution is -2.14. The smallest absolute Gasteiger partial charge is 0.0952 e. The fraction of sp³-hybridized carbons (Fsp3) is 0.867. The highest BCUT2D eigenvalue weighted by Crippen LogP contribution is 2.27. The van der Waals surface area contributed by atoms with Gasteiger partial charge in [-0.2, -0.15) is 0 Å². The van der Waals surface area contributed by atoms with Crippen molar-refractivity contribution in [2.75, 3.05) is 0 Å². The summed E-state index contributed by atoms with van der Waals surface area (Å²) in [4.78, 5) is 0. The Morgan fingerprint density at radius 2 is 2.00 bits per heavy atom. The molecule has 1 saturated carbocycles. The van der Waals surface area contributed by atoms with Crippen LogP contribution in [0.1, 0.15) is 71.6 Å². The SMILES string of the molecule is CCCCC=COC(C)CC1CCCCC1. The Hall–Kier alpha value is -0.460. The van der Waals surface area contributed by atoms with Gasteiger partial charge < -0.3 is 4.74 Å². The van der Waals surface area contributed by atoms with Gasteiger partial charge in [0.1, 0.15) is 0 Å². The molecule has 0 aromatic carbocycles. The van der Waals surface area contributed by atoms with E-state index >= 15 is 0 Å². The van der Waals surface area contributed by atoms with Crippen molar-refractivity contribution in [3.63, 3.8) is 0 Å². The first-order valence-corrected chi connectivity index (χ1v) is 7.13. The van der Waals surface area contributed by atoms with Crippen molar-refractivity contribution in [2.45, 2.75) is 77.7 Å². The van der Waals surface area contributed by atoms with Gasteiger partial charge in [-0.15, -0.1) is 0 Å². The number of unbranched alkanes of at least 4 members (excludes halogenated alkanes) is 2. The average molecular weight is 224 g/mol. The number of ether oxygens (including phenoxy) is 1. The van der Waals surface area contributed by atoms with E-state index < -0.39 is 0 Å². The summed E-state index contributed by atoms with van der Waals surface area (Å²) in [5.74, 6) is 0.924. The molecule has 0 radical (unpaired) electrons. The molecular weight excluding hydrogens is 196 g/mol. The summed E-state index contributed by atoms with van der Waals surface area (Å²) in [6, 6.07) is 0. The summed E-state index contributed by atoms with van der Waals surface area (Å²) in [5.41, 5.74) is 0. The maximum atomic E-state index is 5.71. The molecule has 1 rings (SSSR count). The van der Waals surface area contributed by atoms with E-state index in [-0.39, 0.29) is 0 Å². The Morgan fingerprint density at radius 1 is 1.25 bits per heavy atom. The maximum absolute atomic E-state index is 5.71. The van der Waals surface area contributed by atoms with E-state index in [4.69, 9.17) is 4.74 Å². The first-order chi connectivity index (χ1) is 7.83. The summed E-state index contributed by atoms with van der Waals surface area (Å²) in [5, 5.41) is 0. The lowest BCUT2D eigenvalue weighted by atomic mass is 9.86. The van der Waals surface area contributed by atoms with Crippen LogP contribution in [0.3, 0.4) is 0 Å². The fourth-order valence-electron chi connectivity index (χ4n) is 2.53. The highest BCUT2D eigenvalue weighted by molar-refractivity contribution is 4.75. The molecule has 0 saturated heterocycles. The van der Waals surface area contributed by atoms with Crippen LogP contribution >= 0.6 is 0 Å². The Balaban J connectivity index is 2.05. The molecule has 1 fully saturated rings. The molecule has 16 heavy (non-hydrogen) atoms. The zero-order chi connectivity index (χ0) is 11.6. The standard InChI is InChI=1S/C15H28O/c1-3-4-5-9-12-16-14(2)13-15-10-7-6-8-11-15/h9,12,14-15H,3-8,10-11,13H2,1-2H3. The molecule has 0 bridgehead atoms. The van der Waals surface area contributed by atoms with Crippen LogP contribution in [0.5, 0.6) is 0 Å². The third-order valence-electron chi connectivity index (χ3n) is 3.52. The van der Waals surface area contributed by atoms with Gasteiger partial charge in [0, 0.05) is 0 Å². The maximum Gasteiger partial charge on any atom is 0.0952 e. The molecule has 0 heterocycles. The minimum atomic E-state index is 0.404. The Kier molecular flexibility index (Phi) is 7.37. The third-order valence-corrected chi connectivity index (χ3v) is 3.52. The van der Waals surface area contributed by atoms with Gasteiger partial charge >= 0.3 is 0 Å². The van der Waals surface area contributed by atoms with Crippen LogP contribution < -0.4 is 0 Å². The van der Waals surface area contributed by atoms with Crippen molar-refractivity contribution in [3.05, 3.63) is 12.3 Å². The van der Waals surface area contributed by atoms with Gasteiger partial charge in [0.2, 0.25) is 0 Å². The predicted molar refractivity (Wildman–Crippen MR) is 70.4 cm³/mol. The van der Waals surface area contributed by atoms with Crippen LogP contribution in [0.4, 0.5) is 0 Å². The zero-order valence-corrected chi connectivity index (χ0v) is 11.1. The van der Waals surface area contributed by atoms with Crippen LogP contribution in [-0.4, -0.2) is 6.10 Å². The van der Waals surface area contributed by atoms with E-state index in [9.17, 15) is 0 Å². The predicted octanol–water partition coefficient (Wildman–Crippen LogP) is 5.07. The van der Waals surface area contributed by atoms with Gasteiger partial charge in [-0.25, -0.2) is 0 Å². The quantitative estimate of drug-likeness (QED) is 0.433. The molecular formula is C15H28O. The summed E-state index contributed by atoms with van der Waals surface area (Å²) in [7, 11) is 0. The van der Waals surface area contributed by atoms with Crippen molar-refractivity contribution in [1.82, 2.24) is 0 Å². The molecule has 1 unspecified atom stereocenters. The molecule has 0 aromatic rings. The first-order valence-electron chi connectivity index (χ1n) is 7.13. The molecule has 0 aliphatic heterocycles. The number of allylic oxidation sites excluding steroid dienone is 1. The van der Waals surface area contributed by atoms with Crippen molar-refractivity contribution in [1.29, 1.82) is 0 Å².